The lowest BCUT2D eigenvalue weighted by Gasteiger charge is -2.15. The first kappa shape index (κ1) is 11.2. The number of ether oxygens (including phenoxy) is 2. The Labute approximate surface area is 103 Å². The molecule has 0 aliphatic carbocycles. The Balaban J connectivity index is 1.93. The summed E-state index contributed by atoms with van der Waals surface area (Å²) in [5.41, 5.74) is 4.28. The first-order chi connectivity index (χ1) is 8.50. The highest BCUT2D eigenvalue weighted by Gasteiger charge is 2.56. The molecule has 0 amide bonds. The molecule has 0 radical (unpaired) electrons. The molecule has 2 fully saturated rings. The zero-order valence-electron chi connectivity index (χ0n) is 9.83. The molecule has 1 unspecified atom stereocenters. The third-order valence-corrected chi connectivity index (χ3v) is 3.62. The highest BCUT2D eigenvalue weighted by Crippen LogP contribution is 2.47. The molecular formula is C11H13N3O4. The van der Waals surface area contributed by atoms with E-state index in [1.54, 1.807) is 6.92 Å². The topological polar surface area (TPSA) is 96.4 Å². The number of nitrogen functional groups attached to an aromatic ring is 1. The van der Waals surface area contributed by atoms with Gasteiger partial charge in [0.2, 0.25) is 0 Å². The van der Waals surface area contributed by atoms with Crippen molar-refractivity contribution in [2.24, 2.45) is 5.41 Å². The summed E-state index contributed by atoms with van der Waals surface area (Å²) in [5, 5.41) is 0. The van der Waals surface area contributed by atoms with E-state index >= 15 is 0 Å². The van der Waals surface area contributed by atoms with Gasteiger partial charge in [-0.05, 0) is 13.0 Å². The summed E-state index contributed by atoms with van der Waals surface area (Å²) < 4.78 is 12.0. The minimum atomic E-state index is -0.675. The Bertz CT molecular complexity index is 570. The van der Waals surface area contributed by atoms with Crippen molar-refractivity contribution >= 4 is 11.8 Å². The monoisotopic (exact) mass is 251 g/mol. The van der Waals surface area contributed by atoms with Crippen molar-refractivity contribution in [2.75, 3.05) is 12.3 Å². The molecule has 2 aliphatic heterocycles. The van der Waals surface area contributed by atoms with Gasteiger partial charge in [-0.2, -0.15) is 4.98 Å². The highest BCUT2D eigenvalue weighted by atomic mass is 16.6. The lowest BCUT2D eigenvalue weighted by molar-refractivity contribution is -0.145. The zero-order valence-corrected chi connectivity index (χ0v) is 9.83. The third-order valence-electron chi connectivity index (χ3n) is 3.62. The summed E-state index contributed by atoms with van der Waals surface area (Å²) in [7, 11) is 0. The first-order valence-electron chi connectivity index (χ1n) is 5.68. The van der Waals surface area contributed by atoms with Crippen LogP contribution in [0.1, 0.15) is 19.6 Å². The second kappa shape index (κ2) is 3.55. The zero-order chi connectivity index (χ0) is 12.9. The van der Waals surface area contributed by atoms with Gasteiger partial charge in [0.1, 0.15) is 24.8 Å². The van der Waals surface area contributed by atoms with Crippen LogP contribution in [-0.2, 0) is 14.3 Å². The maximum absolute atomic E-state index is 11.7. The number of nitrogens with zero attached hydrogens (tertiary/aromatic N) is 2. The number of hydrogen-bond acceptors (Lipinski definition) is 6. The van der Waals surface area contributed by atoms with Gasteiger partial charge in [-0.3, -0.25) is 9.36 Å². The van der Waals surface area contributed by atoms with Gasteiger partial charge in [0.05, 0.1) is 5.41 Å². The van der Waals surface area contributed by atoms with Crippen molar-refractivity contribution in [1.29, 1.82) is 0 Å². The van der Waals surface area contributed by atoms with E-state index in [9.17, 15) is 9.59 Å². The molecule has 96 valence electrons. The third kappa shape index (κ3) is 1.43. The Morgan fingerprint density at radius 1 is 1.56 bits per heavy atom. The standard InChI is InChI=1S/C11H13N3O4/c1-11-4-8(18-6(11)5-17-9(11)15)14-3-2-7(12)13-10(14)16/h2-3,6,8H,4-5H2,1H3,(H2,12,13,16)/t6-,8-,11?/m1/s1. The molecule has 3 atom stereocenters. The van der Waals surface area contributed by atoms with Gasteiger partial charge in [0.15, 0.2) is 0 Å². The fraction of sp³-hybridized carbons (Fsp3) is 0.545. The first-order valence-corrected chi connectivity index (χ1v) is 5.68. The summed E-state index contributed by atoms with van der Waals surface area (Å²) in [5.74, 6) is -0.105. The van der Waals surface area contributed by atoms with Crippen LogP contribution in [0.15, 0.2) is 17.1 Å². The van der Waals surface area contributed by atoms with Gasteiger partial charge < -0.3 is 15.2 Å². The molecule has 0 saturated carbocycles. The molecule has 1 aromatic heterocycles. The quantitative estimate of drug-likeness (QED) is 0.687. The fourth-order valence-electron chi connectivity index (χ4n) is 2.45. The number of esters is 1. The number of carbonyl (C=O) groups is 1. The largest absolute Gasteiger partial charge is 0.462 e. The summed E-state index contributed by atoms with van der Waals surface area (Å²) in [6.07, 6.45) is 1.14. The highest BCUT2D eigenvalue weighted by molar-refractivity contribution is 5.79. The maximum Gasteiger partial charge on any atom is 0.351 e. The molecule has 0 bridgehead atoms. The van der Waals surface area contributed by atoms with E-state index in [2.05, 4.69) is 4.98 Å². The summed E-state index contributed by atoms with van der Waals surface area (Å²) in [4.78, 5) is 27.0. The van der Waals surface area contributed by atoms with Crippen LogP contribution in [0.4, 0.5) is 5.82 Å². The second-order valence-electron chi connectivity index (χ2n) is 4.84. The van der Waals surface area contributed by atoms with Crippen LogP contribution in [0, 0.1) is 5.41 Å². The number of carbonyl (C=O) groups excluding carboxylic acids is 1. The summed E-state index contributed by atoms with van der Waals surface area (Å²) >= 11 is 0. The van der Waals surface area contributed by atoms with Gasteiger partial charge in [-0.15, -0.1) is 0 Å². The van der Waals surface area contributed by atoms with Crippen molar-refractivity contribution in [3.05, 3.63) is 22.7 Å². The van der Waals surface area contributed by atoms with E-state index in [1.807, 2.05) is 0 Å². The van der Waals surface area contributed by atoms with Gasteiger partial charge >= 0.3 is 11.7 Å². The van der Waals surface area contributed by atoms with Crippen LogP contribution in [-0.4, -0.2) is 28.2 Å². The SMILES string of the molecule is CC12C[C@H](n3ccc(N)nc3=O)O[C@@H]1COC2=O. The lowest BCUT2D eigenvalue weighted by atomic mass is 9.85. The van der Waals surface area contributed by atoms with Crippen LogP contribution in [0.5, 0.6) is 0 Å². The van der Waals surface area contributed by atoms with Crippen LogP contribution >= 0.6 is 0 Å². The molecule has 3 heterocycles. The number of hydrogen-bond donors (Lipinski definition) is 1. The number of rotatable bonds is 1. The smallest absolute Gasteiger partial charge is 0.351 e. The summed E-state index contributed by atoms with van der Waals surface area (Å²) in [6, 6.07) is 1.53. The Morgan fingerprint density at radius 2 is 2.33 bits per heavy atom. The average Bonchev–Trinajstić information content (AvgIpc) is 2.76. The molecule has 7 heteroatoms. The van der Waals surface area contributed by atoms with Crippen molar-refractivity contribution in [2.45, 2.75) is 25.7 Å². The molecule has 2 saturated heterocycles. The summed E-state index contributed by atoms with van der Waals surface area (Å²) in [6.45, 7) is 2.03. The Kier molecular flexibility index (Phi) is 2.21. The predicted molar refractivity (Wildman–Crippen MR) is 60.5 cm³/mol. The van der Waals surface area contributed by atoms with E-state index in [-0.39, 0.29) is 24.5 Å². The van der Waals surface area contributed by atoms with Crippen molar-refractivity contribution < 1.29 is 14.3 Å². The van der Waals surface area contributed by atoms with Gasteiger partial charge in [-0.1, -0.05) is 0 Å². The number of anilines is 1. The number of fused-ring (bicyclic) bond motifs is 1. The minimum Gasteiger partial charge on any atom is -0.462 e. The average molecular weight is 251 g/mol. The molecule has 0 spiro atoms. The molecule has 18 heavy (non-hydrogen) atoms. The molecule has 2 aliphatic rings. The lowest BCUT2D eigenvalue weighted by Crippen LogP contribution is -2.29. The van der Waals surface area contributed by atoms with Crippen LogP contribution in [0.2, 0.25) is 0 Å². The Hall–Kier alpha value is -1.89. The van der Waals surface area contributed by atoms with Crippen molar-refractivity contribution in [3.63, 3.8) is 0 Å². The molecule has 2 N–H and O–H groups in total. The van der Waals surface area contributed by atoms with E-state index in [0.29, 0.717) is 6.42 Å². The fourth-order valence-corrected chi connectivity index (χ4v) is 2.45. The minimum absolute atomic E-state index is 0.167. The van der Waals surface area contributed by atoms with E-state index in [4.69, 9.17) is 15.2 Å². The molecule has 7 nitrogen and oxygen atoms in total. The normalized spacial score (nSPS) is 34.4. The van der Waals surface area contributed by atoms with Crippen molar-refractivity contribution in [3.8, 4) is 0 Å². The Morgan fingerprint density at radius 3 is 3.00 bits per heavy atom. The number of cyclic esters (lactones) is 1. The van der Waals surface area contributed by atoms with E-state index in [1.165, 1.54) is 16.8 Å². The van der Waals surface area contributed by atoms with Crippen LogP contribution in [0.3, 0.4) is 0 Å². The number of aromatic nitrogens is 2. The van der Waals surface area contributed by atoms with Crippen LogP contribution < -0.4 is 11.4 Å². The van der Waals surface area contributed by atoms with E-state index < -0.39 is 17.3 Å². The van der Waals surface area contributed by atoms with Crippen molar-refractivity contribution in [1.82, 2.24) is 9.55 Å². The van der Waals surface area contributed by atoms with E-state index in [0.717, 1.165) is 0 Å². The number of nitrogens with two attached hydrogens (primary N) is 1. The van der Waals surface area contributed by atoms with Gasteiger partial charge in [0.25, 0.3) is 0 Å². The maximum atomic E-state index is 11.7. The molecular weight excluding hydrogens is 238 g/mol. The second-order valence-corrected chi connectivity index (χ2v) is 4.84. The molecule has 0 aromatic carbocycles. The van der Waals surface area contributed by atoms with Gasteiger partial charge in [-0.25, -0.2) is 4.79 Å². The van der Waals surface area contributed by atoms with Gasteiger partial charge in [0, 0.05) is 12.6 Å². The predicted octanol–water partition coefficient (Wildman–Crippen LogP) is -0.324. The molecule has 3 rings (SSSR count). The molecule has 1 aromatic rings. The van der Waals surface area contributed by atoms with Crippen LogP contribution in [0.25, 0.3) is 0 Å².